The molecule has 1 heterocycles. The number of benzene rings is 2. The van der Waals surface area contributed by atoms with Gasteiger partial charge < -0.3 is 14.6 Å². The van der Waals surface area contributed by atoms with E-state index in [0.29, 0.717) is 11.5 Å². The second kappa shape index (κ2) is 8.45. The van der Waals surface area contributed by atoms with E-state index in [1.54, 1.807) is 12.1 Å². The molecule has 1 N–H and O–H groups in total. The maximum absolute atomic E-state index is 12.4. The highest BCUT2D eigenvalue weighted by molar-refractivity contribution is 6.31. The highest BCUT2D eigenvalue weighted by Crippen LogP contribution is 2.35. The summed E-state index contributed by atoms with van der Waals surface area (Å²) in [6.45, 7) is 6.23. The van der Waals surface area contributed by atoms with Gasteiger partial charge in [-0.25, -0.2) is 14.5 Å². The molecule has 0 amide bonds. The molecule has 158 valence electrons. The molecule has 0 radical (unpaired) electrons. The molecule has 1 aromatic heterocycles. The second-order valence-corrected chi connectivity index (χ2v) is 8.37. The normalized spacial score (nSPS) is 13.5. The molecule has 3 rings (SSSR count). The molecule has 0 aliphatic rings. The number of rotatable bonds is 6. The van der Waals surface area contributed by atoms with Crippen molar-refractivity contribution in [2.45, 2.75) is 38.3 Å². The van der Waals surface area contributed by atoms with Gasteiger partial charge in [-0.1, -0.05) is 50.6 Å². The van der Waals surface area contributed by atoms with Gasteiger partial charge in [0.2, 0.25) is 5.60 Å². The summed E-state index contributed by atoms with van der Waals surface area (Å²) in [5.41, 5.74) is -0.611. The van der Waals surface area contributed by atoms with Crippen molar-refractivity contribution in [2.24, 2.45) is 0 Å². The number of carbonyl (C=O) groups excluding carboxylic acids is 1. The maximum Gasteiger partial charge on any atom is 0.344 e. The fraction of sp³-hybridized carbons (Fsp3) is 0.318. The van der Waals surface area contributed by atoms with Crippen LogP contribution < -0.4 is 4.74 Å². The molecule has 2 aromatic carbocycles. The first-order valence-corrected chi connectivity index (χ1v) is 9.73. The molecule has 7 nitrogen and oxygen atoms in total. The first kappa shape index (κ1) is 21.8. The summed E-state index contributed by atoms with van der Waals surface area (Å²) in [4.78, 5) is 16.2. The minimum absolute atomic E-state index is 0.0475. The van der Waals surface area contributed by atoms with Crippen LogP contribution in [0, 0.1) is 0 Å². The first-order valence-electron chi connectivity index (χ1n) is 9.35. The molecule has 0 aliphatic carbocycles. The fourth-order valence-corrected chi connectivity index (χ4v) is 3.36. The van der Waals surface area contributed by atoms with Crippen molar-refractivity contribution in [1.29, 1.82) is 0 Å². The SMILES string of the molecule is COC(=O)C(O)(Cn1cncn1)c1ccc(Oc2ccc(C(C)(C)C)cc2)cc1Cl. The highest BCUT2D eigenvalue weighted by Gasteiger charge is 2.42. The van der Waals surface area contributed by atoms with Gasteiger partial charge in [-0.15, -0.1) is 0 Å². The smallest absolute Gasteiger partial charge is 0.344 e. The van der Waals surface area contributed by atoms with E-state index < -0.39 is 11.6 Å². The van der Waals surface area contributed by atoms with E-state index in [0.717, 1.165) is 0 Å². The Morgan fingerprint density at radius 3 is 2.33 bits per heavy atom. The number of methoxy groups -OCH3 is 1. The van der Waals surface area contributed by atoms with Crippen LogP contribution in [0.4, 0.5) is 0 Å². The molecular formula is C22H24ClN3O4. The summed E-state index contributed by atoms with van der Waals surface area (Å²) in [7, 11) is 1.20. The van der Waals surface area contributed by atoms with E-state index in [4.69, 9.17) is 21.1 Å². The Kier molecular flexibility index (Phi) is 6.14. The van der Waals surface area contributed by atoms with Crippen LogP contribution in [0.2, 0.25) is 5.02 Å². The highest BCUT2D eigenvalue weighted by atomic mass is 35.5. The van der Waals surface area contributed by atoms with Gasteiger partial charge in [0.15, 0.2) is 0 Å². The van der Waals surface area contributed by atoms with Crippen LogP contribution in [0.3, 0.4) is 0 Å². The molecule has 0 saturated heterocycles. The molecule has 0 bridgehead atoms. The largest absolute Gasteiger partial charge is 0.467 e. The topological polar surface area (TPSA) is 86.5 Å². The Balaban J connectivity index is 1.86. The molecule has 8 heteroatoms. The summed E-state index contributed by atoms with van der Waals surface area (Å²) in [5.74, 6) is 0.268. The maximum atomic E-state index is 12.4. The van der Waals surface area contributed by atoms with Crippen LogP contribution in [0.15, 0.2) is 55.1 Å². The number of hydrogen-bond acceptors (Lipinski definition) is 6. The number of aliphatic hydroxyl groups is 1. The molecule has 30 heavy (non-hydrogen) atoms. The van der Waals surface area contributed by atoms with Crippen LogP contribution in [0.25, 0.3) is 0 Å². The zero-order valence-electron chi connectivity index (χ0n) is 17.3. The van der Waals surface area contributed by atoms with Crippen molar-refractivity contribution in [1.82, 2.24) is 14.8 Å². The first-order chi connectivity index (χ1) is 14.1. The third-order valence-corrected chi connectivity index (χ3v) is 5.04. The number of hydrogen-bond donors (Lipinski definition) is 1. The Hall–Kier alpha value is -2.90. The Labute approximate surface area is 180 Å². The monoisotopic (exact) mass is 429 g/mol. The van der Waals surface area contributed by atoms with Crippen molar-refractivity contribution < 1.29 is 19.4 Å². The van der Waals surface area contributed by atoms with Gasteiger partial charge in [0.1, 0.15) is 24.2 Å². The van der Waals surface area contributed by atoms with Crippen molar-refractivity contribution in [3.63, 3.8) is 0 Å². The zero-order valence-corrected chi connectivity index (χ0v) is 18.1. The van der Waals surface area contributed by atoms with Crippen LogP contribution in [-0.2, 0) is 27.1 Å². The van der Waals surface area contributed by atoms with E-state index in [1.165, 1.54) is 36.1 Å². The van der Waals surface area contributed by atoms with Crippen LogP contribution in [0.5, 0.6) is 11.5 Å². The number of esters is 1. The third-order valence-electron chi connectivity index (χ3n) is 4.72. The third kappa shape index (κ3) is 4.63. The predicted octanol–water partition coefficient (Wildman–Crippen LogP) is 4.08. The lowest BCUT2D eigenvalue weighted by molar-refractivity contribution is -0.165. The number of aromatic nitrogens is 3. The summed E-state index contributed by atoms with van der Waals surface area (Å²) < 4.78 is 12.0. The Morgan fingerprint density at radius 2 is 1.80 bits per heavy atom. The van der Waals surface area contributed by atoms with Crippen LogP contribution in [-0.4, -0.2) is 33.0 Å². The minimum atomic E-state index is -2.04. The van der Waals surface area contributed by atoms with E-state index in [2.05, 4.69) is 30.9 Å². The summed E-state index contributed by atoms with van der Waals surface area (Å²) >= 11 is 6.41. The molecule has 0 saturated carbocycles. The Bertz CT molecular complexity index is 1010. The summed E-state index contributed by atoms with van der Waals surface area (Å²) in [6.07, 6.45) is 2.70. The molecule has 3 aromatic rings. The van der Waals surface area contributed by atoms with Crippen molar-refractivity contribution >= 4 is 17.6 Å². The minimum Gasteiger partial charge on any atom is -0.467 e. The van der Waals surface area contributed by atoms with E-state index in [-0.39, 0.29) is 22.5 Å². The fourth-order valence-electron chi connectivity index (χ4n) is 3.03. The standard InChI is InChI=1S/C22H24ClN3O4/c1-21(2,3)15-5-7-16(8-6-15)30-17-9-10-18(19(23)11-17)22(28,20(27)29-4)12-26-14-24-13-25-26/h5-11,13-14,28H,12H2,1-4H3. The molecule has 0 aliphatic heterocycles. The number of ether oxygens (including phenoxy) is 2. The van der Waals surface area contributed by atoms with E-state index in [1.807, 2.05) is 24.3 Å². The molecule has 1 unspecified atom stereocenters. The van der Waals surface area contributed by atoms with Crippen molar-refractivity contribution in [3.05, 3.63) is 71.3 Å². The van der Waals surface area contributed by atoms with Crippen LogP contribution in [0.1, 0.15) is 31.9 Å². The molecule has 1 atom stereocenters. The van der Waals surface area contributed by atoms with Gasteiger partial charge in [0, 0.05) is 5.56 Å². The number of carbonyl (C=O) groups is 1. The van der Waals surface area contributed by atoms with Gasteiger partial charge >= 0.3 is 5.97 Å². The van der Waals surface area contributed by atoms with Gasteiger partial charge in [-0.3, -0.25) is 0 Å². The van der Waals surface area contributed by atoms with Crippen LogP contribution >= 0.6 is 11.6 Å². The number of nitrogens with zero attached hydrogens (tertiary/aromatic N) is 3. The van der Waals surface area contributed by atoms with E-state index >= 15 is 0 Å². The van der Waals surface area contributed by atoms with Gasteiger partial charge in [0.05, 0.1) is 18.7 Å². The molecule has 0 fully saturated rings. The lowest BCUT2D eigenvalue weighted by Gasteiger charge is -2.26. The van der Waals surface area contributed by atoms with E-state index in [9.17, 15) is 9.90 Å². The molecular weight excluding hydrogens is 406 g/mol. The lowest BCUT2D eigenvalue weighted by Crippen LogP contribution is -2.41. The quantitative estimate of drug-likeness (QED) is 0.594. The van der Waals surface area contributed by atoms with Crippen molar-refractivity contribution in [3.8, 4) is 11.5 Å². The number of halogens is 1. The Morgan fingerprint density at radius 1 is 1.13 bits per heavy atom. The average molecular weight is 430 g/mol. The molecule has 0 spiro atoms. The zero-order chi connectivity index (χ0) is 21.9. The van der Waals surface area contributed by atoms with Gasteiger partial charge in [-0.05, 0) is 35.2 Å². The van der Waals surface area contributed by atoms with Crippen molar-refractivity contribution in [2.75, 3.05) is 7.11 Å². The second-order valence-electron chi connectivity index (χ2n) is 7.96. The summed E-state index contributed by atoms with van der Waals surface area (Å²) in [6, 6.07) is 12.5. The summed E-state index contributed by atoms with van der Waals surface area (Å²) in [5, 5.41) is 15.2. The predicted molar refractivity (Wildman–Crippen MR) is 113 cm³/mol. The van der Waals surface area contributed by atoms with Gasteiger partial charge in [-0.2, -0.15) is 5.10 Å². The lowest BCUT2D eigenvalue weighted by atomic mass is 9.87. The van der Waals surface area contributed by atoms with Gasteiger partial charge in [0.25, 0.3) is 0 Å². The average Bonchev–Trinajstić information content (AvgIpc) is 3.19.